The van der Waals surface area contributed by atoms with Crippen LogP contribution in [0, 0.1) is 0 Å². The fourth-order valence-electron chi connectivity index (χ4n) is 9.97. The Bertz CT molecular complexity index is 3920. The van der Waals surface area contributed by atoms with Crippen molar-refractivity contribution in [2.75, 3.05) is 0 Å². The van der Waals surface area contributed by atoms with Crippen molar-refractivity contribution in [3.05, 3.63) is 231 Å². The van der Waals surface area contributed by atoms with E-state index in [1.54, 1.807) is 0 Å². The summed E-state index contributed by atoms with van der Waals surface area (Å²) in [6.07, 6.45) is 0. The van der Waals surface area contributed by atoms with Crippen molar-refractivity contribution >= 4 is 65.3 Å². The maximum absolute atomic E-state index is 5.35. The lowest BCUT2D eigenvalue weighted by atomic mass is 9.97. The Kier molecular flexibility index (Phi) is 8.18. The zero-order chi connectivity index (χ0) is 42.1. The van der Waals surface area contributed by atoms with Gasteiger partial charge in [0.25, 0.3) is 0 Å². The molecule has 0 aliphatic heterocycles. The molecule has 4 heteroatoms. The second-order valence-electron chi connectivity index (χ2n) is 16.5. The lowest BCUT2D eigenvalue weighted by Crippen LogP contribution is -1.96. The average Bonchev–Trinajstić information content (AvgIpc) is 3.90. The van der Waals surface area contributed by atoms with E-state index in [9.17, 15) is 0 Å². The average molecular weight is 815 g/mol. The third-order valence-corrected chi connectivity index (χ3v) is 12.9. The van der Waals surface area contributed by atoms with Crippen molar-refractivity contribution in [3.8, 4) is 56.3 Å². The van der Waals surface area contributed by atoms with Crippen LogP contribution in [-0.2, 0) is 0 Å². The molecule has 0 aliphatic rings. The van der Waals surface area contributed by atoms with Crippen LogP contribution in [0.25, 0.3) is 122 Å². The summed E-state index contributed by atoms with van der Waals surface area (Å²) < 4.78 is 4.80. The van der Waals surface area contributed by atoms with Gasteiger partial charge in [-0.3, -0.25) is 0 Å². The zero-order valence-corrected chi connectivity index (χ0v) is 34.7. The number of nitrogens with zero attached hydrogens (tertiary/aromatic N) is 4. The van der Waals surface area contributed by atoms with Gasteiger partial charge in [-0.25, -0.2) is 9.97 Å². The molecular weight excluding hydrogens is 777 g/mol. The van der Waals surface area contributed by atoms with E-state index in [0.29, 0.717) is 5.82 Å². The Morgan fingerprint density at radius 2 is 0.906 bits per heavy atom. The Balaban J connectivity index is 0.934. The van der Waals surface area contributed by atoms with Gasteiger partial charge in [-0.1, -0.05) is 176 Å². The molecule has 4 nitrogen and oxygen atoms in total. The largest absolute Gasteiger partial charge is 0.309 e. The van der Waals surface area contributed by atoms with Crippen molar-refractivity contribution in [1.29, 1.82) is 0 Å². The number of hydrogen-bond donors (Lipinski definition) is 0. The molecule has 3 aromatic heterocycles. The number of fused-ring (bicyclic) bond motifs is 9. The van der Waals surface area contributed by atoms with Crippen LogP contribution in [0.5, 0.6) is 0 Å². The molecule has 0 saturated heterocycles. The highest BCUT2D eigenvalue weighted by molar-refractivity contribution is 6.22. The van der Waals surface area contributed by atoms with Crippen LogP contribution < -0.4 is 0 Å². The summed E-state index contributed by atoms with van der Waals surface area (Å²) in [5, 5.41) is 8.44. The predicted octanol–water partition coefficient (Wildman–Crippen LogP) is 15.6. The Hall–Kier alpha value is -8.60. The van der Waals surface area contributed by atoms with Crippen LogP contribution in [0.3, 0.4) is 0 Å². The molecule has 0 N–H and O–H groups in total. The summed E-state index contributed by atoms with van der Waals surface area (Å²) in [6, 6.07) is 82.6. The predicted molar refractivity (Wildman–Crippen MR) is 267 cm³/mol. The number of para-hydroxylation sites is 3. The molecule has 0 unspecified atom stereocenters. The van der Waals surface area contributed by atoms with Gasteiger partial charge in [0, 0.05) is 54.8 Å². The minimum Gasteiger partial charge on any atom is -0.309 e. The molecule has 0 atom stereocenters. The van der Waals surface area contributed by atoms with Crippen LogP contribution in [-0.4, -0.2) is 19.1 Å². The van der Waals surface area contributed by atoms with Crippen LogP contribution in [0.1, 0.15) is 0 Å². The number of hydrogen-bond acceptors (Lipinski definition) is 2. The molecule has 64 heavy (non-hydrogen) atoms. The Labute approximate surface area is 369 Å². The summed E-state index contributed by atoms with van der Waals surface area (Å²) in [6.45, 7) is 0. The van der Waals surface area contributed by atoms with Gasteiger partial charge in [-0.2, -0.15) is 0 Å². The van der Waals surface area contributed by atoms with E-state index < -0.39 is 0 Å². The molecule has 0 saturated carbocycles. The smallest absolute Gasteiger partial charge is 0.160 e. The highest BCUT2D eigenvalue weighted by atomic mass is 15.0. The van der Waals surface area contributed by atoms with E-state index in [2.05, 4.69) is 240 Å². The van der Waals surface area contributed by atoms with E-state index in [1.165, 1.54) is 59.9 Å². The topological polar surface area (TPSA) is 35.6 Å². The molecule has 13 rings (SSSR count). The monoisotopic (exact) mass is 814 g/mol. The molecule has 10 aromatic carbocycles. The van der Waals surface area contributed by atoms with E-state index in [4.69, 9.17) is 9.97 Å². The van der Waals surface area contributed by atoms with E-state index in [0.717, 1.165) is 55.8 Å². The Morgan fingerprint density at radius 1 is 0.312 bits per heavy atom. The maximum atomic E-state index is 5.35. The normalized spacial score (nSPS) is 11.8. The minimum absolute atomic E-state index is 0.699. The molecule has 0 bridgehead atoms. The van der Waals surface area contributed by atoms with Crippen LogP contribution >= 0.6 is 0 Å². The van der Waals surface area contributed by atoms with Gasteiger partial charge in [0.2, 0.25) is 0 Å². The summed E-state index contributed by atoms with van der Waals surface area (Å²) >= 11 is 0. The van der Waals surface area contributed by atoms with Gasteiger partial charge < -0.3 is 9.13 Å². The van der Waals surface area contributed by atoms with Crippen LogP contribution in [0.2, 0.25) is 0 Å². The molecule has 0 fully saturated rings. The third-order valence-electron chi connectivity index (χ3n) is 12.9. The van der Waals surface area contributed by atoms with Gasteiger partial charge in [-0.05, 0) is 82.2 Å². The summed E-state index contributed by atoms with van der Waals surface area (Å²) in [7, 11) is 0. The SMILES string of the molecule is c1ccc(-c2nc(-c3ccc(-c4cccc5c4c4ccc6ccccc6c4n5-c4ccccc4)cc3)nc3ccc(-c4ccc5c6ccccc6n(-c6ccccc6)c5c4)cc23)cc1. The van der Waals surface area contributed by atoms with Gasteiger partial charge in [0.1, 0.15) is 0 Å². The van der Waals surface area contributed by atoms with Crippen molar-refractivity contribution in [2.24, 2.45) is 0 Å². The first-order chi connectivity index (χ1) is 31.7. The van der Waals surface area contributed by atoms with Crippen LogP contribution in [0.4, 0.5) is 0 Å². The van der Waals surface area contributed by atoms with Crippen molar-refractivity contribution in [2.45, 2.75) is 0 Å². The first kappa shape index (κ1) is 36.1. The minimum atomic E-state index is 0.699. The van der Waals surface area contributed by atoms with E-state index in [1.807, 2.05) is 0 Å². The van der Waals surface area contributed by atoms with Gasteiger partial charge in [0.05, 0.1) is 33.3 Å². The van der Waals surface area contributed by atoms with Gasteiger partial charge in [-0.15, -0.1) is 0 Å². The fourth-order valence-corrected chi connectivity index (χ4v) is 9.97. The number of aromatic nitrogens is 4. The summed E-state index contributed by atoms with van der Waals surface area (Å²) in [5.41, 5.74) is 15.5. The molecule has 0 radical (unpaired) electrons. The van der Waals surface area contributed by atoms with E-state index in [-0.39, 0.29) is 0 Å². The first-order valence-corrected chi connectivity index (χ1v) is 21.8. The van der Waals surface area contributed by atoms with Gasteiger partial charge in [0.15, 0.2) is 5.82 Å². The lowest BCUT2D eigenvalue weighted by Gasteiger charge is -2.13. The fraction of sp³-hybridized carbons (Fsp3) is 0. The molecule has 13 aromatic rings. The summed E-state index contributed by atoms with van der Waals surface area (Å²) in [5.74, 6) is 0.699. The highest BCUT2D eigenvalue weighted by Crippen LogP contribution is 2.42. The van der Waals surface area contributed by atoms with Crippen molar-refractivity contribution < 1.29 is 0 Å². The molecule has 3 heterocycles. The van der Waals surface area contributed by atoms with Crippen molar-refractivity contribution in [3.63, 3.8) is 0 Å². The second-order valence-corrected chi connectivity index (χ2v) is 16.5. The molecule has 298 valence electrons. The quantitative estimate of drug-likeness (QED) is 0.168. The zero-order valence-electron chi connectivity index (χ0n) is 34.7. The lowest BCUT2D eigenvalue weighted by molar-refractivity contribution is 1.18. The highest BCUT2D eigenvalue weighted by Gasteiger charge is 2.20. The van der Waals surface area contributed by atoms with Crippen molar-refractivity contribution in [1.82, 2.24) is 19.1 Å². The van der Waals surface area contributed by atoms with Gasteiger partial charge >= 0.3 is 0 Å². The number of benzene rings is 10. The second kappa shape index (κ2) is 14.5. The van der Waals surface area contributed by atoms with Crippen LogP contribution in [0.15, 0.2) is 231 Å². The standard InChI is InChI=1S/C60H38N4/c1-4-16-41(17-5-1)58-52-37-43(44-32-34-50-49-23-12-13-25-54(49)63(56(50)38-44)45-18-6-2-7-19-45)33-36-53(52)61-60(62-58)42-29-27-40(28-30-42)47-24-14-26-55-57(47)51-35-31-39-15-10-11-22-48(39)59(51)64(55)46-20-8-3-9-21-46/h1-38H. The Morgan fingerprint density at radius 3 is 1.70 bits per heavy atom. The third kappa shape index (κ3) is 5.70. The molecule has 0 amide bonds. The first-order valence-electron chi connectivity index (χ1n) is 21.8. The maximum Gasteiger partial charge on any atom is 0.160 e. The summed E-state index contributed by atoms with van der Waals surface area (Å²) in [4.78, 5) is 10.6. The molecule has 0 spiro atoms. The molecule has 0 aliphatic carbocycles. The molecular formula is C60H38N4. The number of rotatable bonds is 6. The van der Waals surface area contributed by atoms with E-state index >= 15 is 0 Å².